The van der Waals surface area contributed by atoms with Crippen molar-refractivity contribution >= 4 is 11.9 Å². The van der Waals surface area contributed by atoms with Crippen molar-refractivity contribution in [2.24, 2.45) is 5.92 Å². The summed E-state index contributed by atoms with van der Waals surface area (Å²) in [7, 11) is 0. The first-order valence-electron chi connectivity index (χ1n) is 6.33. The molecule has 2 N–H and O–H groups in total. The van der Waals surface area contributed by atoms with Crippen LogP contribution in [0, 0.1) is 12.8 Å². The standard InChI is InChI=1S/C14H16N2O2/c1-9-5-7-11(8-6-9)14(10-3-2-4-10)12(17)15-13(18)16-14/h5-8,10H,2-4H2,1H3,(H2,15,16,17,18). The second-order valence-electron chi connectivity index (χ2n) is 5.21. The number of carbonyl (C=O) groups excluding carboxylic acids is 2. The lowest BCUT2D eigenvalue weighted by Gasteiger charge is -2.40. The Kier molecular flexibility index (Phi) is 2.40. The number of benzene rings is 1. The minimum Gasteiger partial charge on any atom is -0.319 e. The SMILES string of the molecule is Cc1ccc(C2(C3CCC3)NC(=O)NC2=O)cc1. The van der Waals surface area contributed by atoms with E-state index in [1.54, 1.807) is 0 Å². The van der Waals surface area contributed by atoms with Gasteiger partial charge in [-0.15, -0.1) is 0 Å². The van der Waals surface area contributed by atoms with Crippen LogP contribution in [0.1, 0.15) is 30.4 Å². The number of nitrogens with one attached hydrogen (secondary N) is 2. The molecule has 18 heavy (non-hydrogen) atoms. The molecule has 0 radical (unpaired) electrons. The van der Waals surface area contributed by atoms with E-state index in [-0.39, 0.29) is 17.9 Å². The van der Waals surface area contributed by atoms with E-state index < -0.39 is 5.54 Å². The molecule has 1 aromatic rings. The Hall–Kier alpha value is -1.84. The summed E-state index contributed by atoms with van der Waals surface area (Å²) in [6.45, 7) is 2.01. The van der Waals surface area contributed by atoms with E-state index in [1.807, 2.05) is 31.2 Å². The second kappa shape index (κ2) is 3.83. The number of urea groups is 1. The van der Waals surface area contributed by atoms with Crippen molar-refractivity contribution in [2.45, 2.75) is 31.7 Å². The predicted molar refractivity (Wildman–Crippen MR) is 66.9 cm³/mol. The van der Waals surface area contributed by atoms with Crippen molar-refractivity contribution in [1.29, 1.82) is 0 Å². The Bertz CT molecular complexity index is 505. The highest BCUT2D eigenvalue weighted by Gasteiger charge is 2.54. The summed E-state index contributed by atoms with van der Waals surface area (Å²) in [4.78, 5) is 23.7. The third-order valence-electron chi connectivity index (χ3n) is 4.12. The number of rotatable bonds is 2. The Morgan fingerprint density at radius 3 is 2.28 bits per heavy atom. The zero-order valence-electron chi connectivity index (χ0n) is 10.3. The molecule has 1 aromatic carbocycles. The number of aryl methyl sites for hydroxylation is 1. The Morgan fingerprint density at radius 2 is 1.83 bits per heavy atom. The summed E-state index contributed by atoms with van der Waals surface area (Å²) >= 11 is 0. The second-order valence-corrected chi connectivity index (χ2v) is 5.21. The molecule has 4 nitrogen and oxygen atoms in total. The molecular weight excluding hydrogens is 228 g/mol. The van der Waals surface area contributed by atoms with Crippen molar-refractivity contribution in [3.05, 3.63) is 35.4 Å². The van der Waals surface area contributed by atoms with Gasteiger partial charge in [0.25, 0.3) is 5.91 Å². The van der Waals surface area contributed by atoms with Gasteiger partial charge in [-0.1, -0.05) is 36.2 Å². The molecule has 1 aliphatic carbocycles. The molecule has 4 heteroatoms. The minimum atomic E-state index is -0.844. The zero-order chi connectivity index (χ0) is 12.8. The van der Waals surface area contributed by atoms with Crippen LogP contribution < -0.4 is 10.6 Å². The molecule has 2 aliphatic rings. The molecule has 2 fully saturated rings. The van der Waals surface area contributed by atoms with Gasteiger partial charge in [0, 0.05) is 0 Å². The molecule has 0 bridgehead atoms. The largest absolute Gasteiger partial charge is 0.322 e. The summed E-state index contributed by atoms with van der Waals surface area (Å²) in [6, 6.07) is 7.46. The van der Waals surface area contributed by atoms with E-state index in [2.05, 4.69) is 10.6 Å². The van der Waals surface area contributed by atoms with Crippen LogP contribution in [0.2, 0.25) is 0 Å². The maximum absolute atomic E-state index is 12.2. The molecule has 94 valence electrons. The lowest BCUT2D eigenvalue weighted by Crippen LogP contribution is -2.52. The van der Waals surface area contributed by atoms with E-state index in [9.17, 15) is 9.59 Å². The van der Waals surface area contributed by atoms with Gasteiger partial charge in [-0.25, -0.2) is 4.79 Å². The highest BCUT2D eigenvalue weighted by atomic mass is 16.2. The number of hydrogen-bond acceptors (Lipinski definition) is 2. The summed E-state index contributed by atoms with van der Waals surface area (Å²) in [5.41, 5.74) is 1.19. The fourth-order valence-corrected chi connectivity index (χ4v) is 2.85. The van der Waals surface area contributed by atoms with Crippen LogP contribution in [-0.2, 0) is 10.3 Å². The first-order chi connectivity index (χ1) is 8.63. The number of hydrogen-bond donors (Lipinski definition) is 2. The summed E-state index contributed by atoms with van der Waals surface area (Å²) in [5, 5.41) is 5.24. The molecule has 3 rings (SSSR count). The predicted octanol–water partition coefficient (Wildman–Crippen LogP) is 1.83. The van der Waals surface area contributed by atoms with Crippen LogP contribution in [0.5, 0.6) is 0 Å². The zero-order valence-corrected chi connectivity index (χ0v) is 10.3. The van der Waals surface area contributed by atoms with Crippen LogP contribution in [0.4, 0.5) is 4.79 Å². The first-order valence-corrected chi connectivity index (χ1v) is 6.33. The Labute approximate surface area is 106 Å². The van der Waals surface area contributed by atoms with Gasteiger partial charge in [0.2, 0.25) is 0 Å². The van der Waals surface area contributed by atoms with Gasteiger partial charge in [-0.05, 0) is 31.2 Å². The van der Waals surface area contributed by atoms with Crippen LogP contribution >= 0.6 is 0 Å². The summed E-state index contributed by atoms with van der Waals surface area (Å²) in [6.07, 6.45) is 3.10. The topological polar surface area (TPSA) is 58.2 Å². The quantitative estimate of drug-likeness (QED) is 0.780. The van der Waals surface area contributed by atoms with Gasteiger partial charge in [-0.2, -0.15) is 0 Å². The molecule has 1 atom stereocenters. The van der Waals surface area contributed by atoms with Gasteiger partial charge in [-0.3, -0.25) is 10.1 Å². The summed E-state index contributed by atoms with van der Waals surface area (Å²) < 4.78 is 0. The van der Waals surface area contributed by atoms with Crippen LogP contribution in [-0.4, -0.2) is 11.9 Å². The van der Waals surface area contributed by atoms with Crippen LogP contribution in [0.3, 0.4) is 0 Å². The fraction of sp³-hybridized carbons (Fsp3) is 0.429. The van der Waals surface area contributed by atoms with E-state index in [4.69, 9.17) is 0 Å². The smallest absolute Gasteiger partial charge is 0.319 e. The molecule has 1 saturated heterocycles. The first kappa shape index (κ1) is 11.3. The fourth-order valence-electron chi connectivity index (χ4n) is 2.85. The monoisotopic (exact) mass is 244 g/mol. The van der Waals surface area contributed by atoms with Crippen LogP contribution in [0.15, 0.2) is 24.3 Å². The number of carbonyl (C=O) groups is 2. The van der Waals surface area contributed by atoms with Gasteiger partial charge in [0.1, 0.15) is 5.54 Å². The maximum atomic E-state index is 12.2. The van der Waals surface area contributed by atoms with Crippen molar-refractivity contribution in [2.75, 3.05) is 0 Å². The Morgan fingerprint density at radius 1 is 1.17 bits per heavy atom. The average molecular weight is 244 g/mol. The lowest BCUT2D eigenvalue weighted by atomic mass is 9.67. The molecular formula is C14H16N2O2. The molecule has 1 saturated carbocycles. The minimum absolute atomic E-state index is 0.207. The van der Waals surface area contributed by atoms with E-state index >= 15 is 0 Å². The molecule has 0 aromatic heterocycles. The molecule has 0 spiro atoms. The van der Waals surface area contributed by atoms with E-state index in [0.29, 0.717) is 0 Å². The Balaban J connectivity index is 2.07. The van der Waals surface area contributed by atoms with E-state index in [1.165, 1.54) is 0 Å². The molecule has 3 amide bonds. The highest BCUT2D eigenvalue weighted by Crippen LogP contribution is 2.44. The highest BCUT2D eigenvalue weighted by molar-refractivity contribution is 6.07. The third-order valence-corrected chi connectivity index (χ3v) is 4.12. The van der Waals surface area contributed by atoms with Gasteiger partial charge < -0.3 is 5.32 Å². The van der Waals surface area contributed by atoms with Crippen molar-refractivity contribution in [3.8, 4) is 0 Å². The van der Waals surface area contributed by atoms with Crippen molar-refractivity contribution < 1.29 is 9.59 Å². The summed E-state index contributed by atoms with van der Waals surface area (Å²) in [5.74, 6) is 0.00714. The number of imide groups is 1. The normalized spacial score (nSPS) is 27.6. The molecule has 1 heterocycles. The van der Waals surface area contributed by atoms with Gasteiger partial charge in [0.15, 0.2) is 0 Å². The average Bonchev–Trinajstić information content (AvgIpc) is 2.53. The number of amides is 3. The maximum Gasteiger partial charge on any atom is 0.322 e. The van der Waals surface area contributed by atoms with Gasteiger partial charge in [0.05, 0.1) is 0 Å². The third kappa shape index (κ3) is 1.45. The molecule has 1 aliphatic heterocycles. The molecule has 1 unspecified atom stereocenters. The van der Waals surface area contributed by atoms with Gasteiger partial charge >= 0.3 is 6.03 Å². The lowest BCUT2D eigenvalue weighted by molar-refractivity contribution is -0.127. The van der Waals surface area contributed by atoms with Crippen molar-refractivity contribution in [3.63, 3.8) is 0 Å². The van der Waals surface area contributed by atoms with E-state index in [0.717, 1.165) is 30.4 Å². The van der Waals surface area contributed by atoms with Crippen molar-refractivity contribution in [1.82, 2.24) is 10.6 Å². The van der Waals surface area contributed by atoms with Crippen LogP contribution in [0.25, 0.3) is 0 Å².